The van der Waals surface area contributed by atoms with Gasteiger partial charge in [-0.25, -0.2) is 4.98 Å². The number of aromatic nitrogens is 1. The summed E-state index contributed by atoms with van der Waals surface area (Å²) in [5, 5.41) is 9.59. The van der Waals surface area contributed by atoms with Gasteiger partial charge in [-0.1, -0.05) is 72.3 Å². The molecule has 7 rings (SSSR count). The van der Waals surface area contributed by atoms with E-state index < -0.39 is 0 Å². The molecule has 0 atom stereocenters. The zero-order valence-corrected chi connectivity index (χ0v) is 17.5. The summed E-state index contributed by atoms with van der Waals surface area (Å²) in [6, 6.07) is 25.8. The average molecular weight is 426 g/mol. The van der Waals surface area contributed by atoms with E-state index in [0.717, 1.165) is 10.2 Å². The first-order chi connectivity index (χ1) is 14.3. The van der Waals surface area contributed by atoms with Gasteiger partial charge in [-0.15, -0.1) is 22.7 Å². The van der Waals surface area contributed by atoms with E-state index in [0.29, 0.717) is 5.15 Å². The number of rotatable bonds is 0. The minimum absolute atomic E-state index is 0.596. The van der Waals surface area contributed by atoms with E-state index in [4.69, 9.17) is 11.6 Å². The van der Waals surface area contributed by atoms with E-state index in [1.807, 2.05) is 23.5 Å². The second kappa shape index (κ2) is 5.67. The predicted octanol–water partition coefficient (Wildman–Crippen LogP) is 8.78. The molecule has 0 spiro atoms. The number of benzene rings is 4. The topological polar surface area (TPSA) is 12.9 Å². The van der Waals surface area contributed by atoms with Gasteiger partial charge < -0.3 is 0 Å². The Balaban J connectivity index is 1.91. The quantitative estimate of drug-likeness (QED) is 0.221. The smallest absolute Gasteiger partial charge is 0.147 e. The van der Waals surface area contributed by atoms with E-state index >= 15 is 0 Å². The van der Waals surface area contributed by atoms with Crippen molar-refractivity contribution >= 4 is 96.3 Å². The number of para-hydroxylation sites is 1. The highest BCUT2D eigenvalue weighted by atomic mass is 35.5. The van der Waals surface area contributed by atoms with Crippen LogP contribution in [0.15, 0.2) is 72.8 Å². The van der Waals surface area contributed by atoms with Crippen molar-refractivity contribution in [2.75, 3.05) is 0 Å². The summed E-state index contributed by atoms with van der Waals surface area (Å²) in [7, 11) is 0. The SMILES string of the molecule is Clc1nc2ccccc2c2c1sc1c3sc4ccccc4c3c3ccccc3c12. The zero-order chi connectivity index (χ0) is 19.1. The van der Waals surface area contributed by atoms with Crippen molar-refractivity contribution in [3.63, 3.8) is 0 Å². The van der Waals surface area contributed by atoms with Crippen LogP contribution in [0.25, 0.3) is 62.0 Å². The Bertz CT molecular complexity index is 1770. The molecule has 3 heterocycles. The highest BCUT2D eigenvalue weighted by molar-refractivity contribution is 7.34. The van der Waals surface area contributed by atoms with Crippen LogP contribution in [-0.4, -0.2) is 4.98 Å². The predicted molar refractivity (Wildman–Crippen MR) is 130 cm³/mol. The number of halogens is 1. The van der Waals surface area contributed by atoms with Crippen LogP contribution in [0.3, 0.4) is 0 Å². The first-order valence-electron chi connectivity index (χ1n) is 9.43. The maximum absolute atomic E-state index is 6.69. The maximum Gasteiger partial charge on any atom is 0.147 e. The number of fused-ring (bicyclic) bond motifs is 12. The number of hydrogen-bond donors (Lipinski definition) is 0. The van der Waals surface area contributed by atoms with Crippen molar-refractivity contribution in [1.29, 1.82) is 0 Å². The van der Waals surface area contributed by atoms with Gasteiger partial charge in [0.25, 0.3) is 0 Å². The lowest BCUT2D eigenvalue weighted by molar-refractivity contribution is 1.45. The summed E-state index contributed by atoms with van der Waals surface area (Å²) in [5.74, 6) is 0. The van der Waals surface area contributed by atoms with Crippen molar-refractivity contribution in [3.8, 4) is 0 Å². The third-order valence-corrected chi connectivity index (χ3v) is 8.67. The molecule has 0 bridgehead atoms. The molecule has 0 N–H and O–H groups in total. The van der Waals surface area contributed by atoms with Crippen LogP contribution in [0, 0.1) is 0 Å². The summed E-state index contributed by atoms with van der Waals surface area (Å²) < 4.78 is 5.07. The van der Waals surface area contributed by atoms with Crippen molar-refractivity contribution in [2.45, 2.75) is 0 Å². The molecule has 1 nitrogen and oxygen atoms in total. The van der Waals surface area contributed by atoms with E-state index in [9.17, 15) is 0 Å². The lowest BCUT2D eigenvalue weighted by Gasteiger charge is -2.06. The fraction of sp³-hybridized carbons (Fsp3) is 0. The van der Waals surface area contributed by atoms with Crippen LogP contribution in [0.2, 0.25) is 5.15 Å². The van der Waals surface area contributed by atoms with Gasteiger partial charge in [0, 0.05) is 31.6 Å². The zero-order valence-electron chi connectivity index (χ0n) is 15.1. The Labute approximate surface area is 178 Å². The van der Waals surface area contributed by atoms with Crippen LogP contribution < -0.4 is 0 Å². The summed E-state index contributed by atoms with van der Waals surface area (Å²) in [4.78, 5) is 4.68. The number of pyridine rings is 1. The number of thiophene rings is 2. The monoisotopic (exact) mass is 425 g/mol. The van der Waals surface area contributed by atoms with Crippen molar-refractivity contribution in [2.24, 2.45) is 0 Å². The standard InChI is InChI=1S/C25H12ClNS2/c26-25-24-21(15-9-3-5-11-17(15)27-25)20-14-8-2-1-7-13(14)19-16-10-4-6-12-18(16)28-22(19)23(20)29-24/h1-12H. The van der Waals surface area contributed by atoms with Gasteiger partial charge >= 0.3 is 0 Å². The van der Waals surface area contributed by atoms with Crippen molar-refractivity contribution < 1.29 is 0 Å². The van der Waals surface area contributed by atoms with Gasteiger partial charge in [-0.3, -0.25) is 0 Å². The van der Waals surface area contributed by atoms with Gasteiger partial charge in [0.15, 0.2) is 0 Å². The molecule has 29 heavy (non-hydrogen) atoms. The Morgan fingerprint density at radius 3 is 1.97 bits per heavy atom. The second-order valence-corrected chi connectivity index (χ2v) is 9.71. The van der Waals surface area contributed by atoms with Crippen LogP contribution >= 0.6 is 34.3 Å². The van der Waals surface area contributed by atoms with Crippen LogP contribution in [0.1, 0.15) is 0 Å². The highest BCUT2D eigenvalue weighted by Gasteiger charge is 2.20. The first-order valence-corrected chi connectivity index (χ1v) is 11.4. The molecular weight excluding hydrogens is 414 g/mol. The molecule has 136 valence electrons. The first kappa shape index (κ1) is 16.1. The fourth-order valence-electron chi connectivity index (χ4n) is 4.58. The average Bonchev–Trinajstić information content (AvgIpc) is 3.34. The van der Waals surface area contributed by atoms with Gasteiger partial charge in [0.2, 0.25) is 0 Å². The van der Waals surface area contributed by atoms with Gasteiger partial charge in [-0.05, 0) is 22.9 Å². The number of hydrogen-bond acceptors (Lipinski definition) is 3. The van der Waals surface area contributed by atoms with Gasteiger partial charge in [0.1, 0.15) is 5.15 Å². The highest BCUT2D eigenvalue weighted by Crippen LogP contribution is 2.51. The molecule has 4 aromatic carbocycles. The molecule has 0 saturated carbocycles. The Kier molecular flexibility index (Phi) is 3.15. The third kappa shape index (κ3) is 2.02. The van der Waals surface area contributed by atoms with Crippen molar-refractivity contribution in [1.82, 2.24) is 4.98 Å². The molecular formula is C25H12ClNS2. The summed E-state index contributed by atoms with van der Waals surface area (Å²) in [6.07, 6.45) is 0. The minimum atomic E-state index is 0.596. The van der Waals surface area contributed by atoms with Gasteiger partial charge in [-0.2, -0.15) is 0 Å². The molecule has 7 aromatic rings. The molecule has 0 aliphatic carbocycles. The normalized spacial score (nSPS) is 12.3. The van der Waals surface area contributed by atoms with Gasteiger partial charge in [0.05, 0.1) is 19.6 Å². The largest absolute Gasteiger partial charge is 0.235 e. The fourth-order valence-corrected chi connectivity index (χ4v) is 7.45. The lowest BCUT2D eigenvalue weighted by atomic mass is 9.98. The van der Waals surface area contributed by atoms with Crippen LogP contribution in [-0.2, 0) is 0 Å². The molecule has 0 aliphatic heterocycles. The lowest BCUT2D eigenvalue weighted by Crippen LogP contribution is -1.82. The molecule has 0 unspecified atom stereocenters. The maximum atomic E-state index is 6.69. The van der Waals surface area contributed by atoms with E-state index in [1.54, 1.807) is 11.3 Å². The van der Waals surface area contributed by atoms with Crippen LogP contribution in [0.5, 0.6) is 0 Å². The second-order valence-electron chi connectivity index (χ2n) is 7.28. The summed E-state index contributed by atoms with van der Waals surface area (Å²) in [5.41, 5.74) is 0.949. The Hall–Kier alpha value is -2.72. The van der Waals surface area contributed by atoms with Crippen molar-refractivity contribution in [3.05, 3.63) is 77.9 Å². The molecule has 0 radical (unpaired) electrons. The summed E-state index contributed by atoms with van der Waals surface area (Å²) in [6.45, 7) is 0. The van der Waals surface area contributed by atoms with Crippen LogP contribution in [0.4, 0.5) is 0 Å². The minimum Gasteiger partial charge on any atom is -0.235 e. The Morgan fingerprint density at radius 2 is 1.14 bits per heavy atom. The Morgan fingerprint density at radius 1 is 0.552 bits per heavy atom. The molecule has 0 amide bonds. The molecule has 3 aromatic heterocycles. The van der Waals surface area contributed by atoms with E-state index in [2.05, 4.69) is 65.6 Å². The van der Waals surface area contributed by atoms with E-state index in [-0.39, 0.29) is 0 Å². The molecule has 0 saturated heterocycles. The van der Waals surface area contributed by atoms with E-state index in [1.165, 1.54) is 51.8 Å². The molecule has 0 fully saturated rings. The molecule has 4 heteroatoms. The molecule has 0 aliphatic rings. The number of nitrogens with zero attached hydrogens (tertiary/aromatic N) is 1. The summed E-state index contributed by atoms with van der Waals surface area (Å²) >= 11 is 10.3. The third-order valence-electron chi connectivity index (χ3n) is 5.76.